The molecule has 5 nitrogen and oxygen atoms in total. The Balaban J connectivity index is 1.74. The van der Waals surface area contributed by atoms with E-state index in [1.54, 1.807) is 0 Å². The standard InChI is InChI=1S/C14H16N2O3/c17-14(18)13(16-7-10-8-19-10)5-9-6-15-12-4-2-1-3-11(9)12/h1-4,6,10,13,15-16H,5,7-8H2,(H,17,18)/t10?,13-/m0/s1. The lowest BCUT2D eigenvalue weighted by atomic mass is 10.0. The van der Waals surface area contributed by atoms with Crippen LogP contribution in [0.1, 0.15) is 5.56 Å². The van der Waals surface area contributed by atoms with Gasteiger partial charge in [-0.05, 0) is 11.6 Å². The van der Waals surface area contributed by atoms with Gasteiger partial charge in [0.15, 0.2) is 0 Å². The third kappa shape index (κ3) is 2.77. The molecule has 1 aromatic carbocycles. The van der Waals surface area contributed by atoms with E-state index in [1.807, 2.05) is 30.5 Å². The Labute approximate surface area is 110 Å². The zero-order valence-electron chi connectivity index (χ0n) is 10.4. The van der Waals surface area contributed by atoms with Crippen molar-refractivity contribution in [3.8, 4) is 0 Å². The number of carboxylic acid groups (broad SMARTS) is 1. The third-order valence-electron chi connectivity index (χ3n) is 3.39. The zero-order valence-corrected chi connectivity index (χ0v) is 10.4. The summed E-state index contributed by atoms with van der Waals surface area (Å²) in [7, 11) is 0. The molecule has 3 rings (SSSR count). The number of nitrogens with one attached hydrogen (secondary N) is 2. The van der Waals surface area contributed by atoms with Gasteiger partial charge in [0.2, 0.25) is 0 Å². The van der Waals surface area contributed by atoms with E-state index in [-0.39, 0.29) is 6.10 Å². The van der Waals surface area contributed by atoms with Crippen LogP contribution in [0.2, 0.25) is 0 Å². The monoisotopic (exact) mass is 260 g/mol. The molecule has 1 saturated heterocycles. The van der Waals surface area contributed by atoms with Crippen LogP contribution in [0.5, 0.6) is 0 Å². The zero-order chi connectivity index (χ0) is 13.2. The first-order valence-electron chi connectivity index (χ1n) is 6.37. The summed E-state index contributed by atoms with van der Waals surface area (Å²) in [6, 6.07) is 7.33. The van der Waals surface area contributed by atoms with Gasteiger partial charge in [0, 0.05) is 30.1 Å². The van der Waals surface area contributed by atoms with Crippen LogP contribution < -0.4 is 5.32 Å². The maximum absolute atomic E-state index is 11.3. The molecule has 1 aromatic heterocycles. The molecule has 0 saturated carbocycles. The molecule has 2 atom stereocenters. The number of hydrogen-bond donors (Lipinski definition) is 3. The van der Waals surface area contributed by atoms with Gasteiger partial charge >= 0.3 is 5.97 Å². The predicted molar refractivity (Wildman–Crippen MR) is 71.2 cm³/mol. The van der Waals surface area contributed by atoms with Gasteiger partial charge in [-0.3, -0.25) is 4.79 Å². The van der Waals surface area contributed by atoms with Crippen molar-refractivity contribution in [2.24, 2.45) is 0 Å². The molecule has 1 fully saturated rings. The van der Waals surface area contributed by atoms with Crippen molar-refractivity contribution in [3.63, 3.8) is 0 Å². The Kier molecular flexibility index (Phi) is 3.23. The summed E-state index contributed by atoms with van der Waals surface area (Å²) in [5, 5.41) is 13.4. The first kappa shape index (κ1) is 12.2. The van der Waals surface area contributed by atoms with E-state index >= 15 is 0 Å². The van der Waals surface area contributed by atoms with Gasteiger partial charge in [0.1, 0.15) is 6.04 Å². The highest BCUT2D eigenvalue weighted by Gasteiger charge is 2.26. The number of fused-ring (bicyclic) bond motifs is 1. The molecule has 3 N–H and O–H groups in total. The van der Waals surface area contributed by atoms with Gasteiger partial charge in [-0.15, -0.1) is 0 Å². The molecule has 2 heterocycles. The third-order valence-corrected chi connectivity index (χ3v) is 3.39. The molecule has 0 aliphatic carbocycles. The van der Waals surface area contributed by atoms with E-state index in [0.717, 1.165) is 23.1 Å². The molecule has 1 unspecified atom stereocenters. The van der Waals surface area contributed by atoms with Gasteiger partial charge in [-0.2, -0.15) is 0 Å². The van der Waals surface area contributed by atoms with Crippen LogP contribution in [0.25, 0.3) is 10.9 Å². The number of ether oxygens (including phenoxy) is 1. The van der Waals surface area contributed by atoms with Gasteiger partial charge in [0.25, 0.3) is 0 Å². The minimum absolute atomic E-state index is 0.185. The van der Waals surface area contributed by atoms with Crippen molar-refractivity contribution in [3.05, 3.63) is 36.0 Å². The summed E-state index contributed by atoms with van der Waals surface area (Å²) >= 11 is 0. The number of H-pyrrole nitrogens is 1. The molecule has 2 aromatic rings. The Morgan fingerprint density at radius 1 is 1.53 bits per heavy atom. The fourth-order valence-electron chi connectivity index (χ4n) is 2.23. The van der Waals surface area contributed by atoms with Crippen molar-refractivity contribution >= 4 is 16.9 Å². The molecule has 100 valence electrons. The summed E-state index contributed by atoms with van der Waals surface area (Å²) in [5.41, 5.74) is 2.05. The van der Waals surface area contributed by atoms with E-state index in [4.69, 9.17) is 4.74 Å². The normalized spacial score (nSPS) is 19.5. The van der Waals surface area contributed by atoms with Crippen LogP contribution in [-0.4, -0.2) is 41.4 Å². The first-order chi connectivity index (χ1) is 9.24. The average Bonchev–Trinajstić information content (AvgIpc) is 3.15. The van der Waals surface area contributed by atoms with Crippen molar-refractivity contribution in [1.29, 1.82) is 0 Å². The Morgan fingerprint density at radius 2 is 2.32 bits per heavy atom. The van der Waals surface area contributed by atoms with Gasteiger partial charge < -0.3 is 20.1 Å². The molecular weight excluding hydrogens is 244 g/mol. The number of aromatic nitrogens is 1. The van der Waals surface area contributed by atoms with Crippen LogP contribution in [0.4, 0.5) is 0 Å². The summed E-state index contributed by atoms with van der Waals surface area (Å²) in [6.45, 7) is 1.33. The molecule has 1 aliphatic rings. The second-order valence-corrected chi connectivity index (χ2v) is 4.82. The van der Waals surface area contributed by atoms with Crippen molar-refractivity contribution in [1.82, 2.24) is 10.3 Å². The van der Waals surface area contributed by atoms with Gasteiger partial charge in [-0.1, -0.05) is 18.2 Å². The number of para-hydroxylation sites is 1. The SMILES string of the molecule is O=C(O)[C@H](Cc1c[nH]c2ccccc12)NCC1CO1. The maximum Gasteiger partial charge on any atom is 0.321 e. The largest absolute Gasteiger partial charge is 0.480 e. The van der Waals surface area contributed by atoms with Crippen molar-refractivity contribution < 1.29 is 14.6 Å². The van der Waals surface area contributed by atoms with Crippen molar-refractivity contribution in [2.45, 2.75) is 18.6 Å². The highest BCUT2D eigenvalue weighted by Crippen LogP contribution is 2.19. The lowest BCUT2D eigenvalue weighted by Gasteiger charge is -2.13. The number of aliphatic carboxylic acids is 1. The quantitative estimate of drug-likeness (QED) is 0.681. The lowest BCUT2D eigenvalue weighted by Crippen LogP contribution is -2.40. The summed E-state index contributed by atoms with van der Waals surface area (Å²) in [5.74, 6) is -0.828. The number of benzene rings is 1. The fraction of sp³-hybridized carbons (Fsp3) is 0.357. The summed E-state index contributed by atoms with van der Waals surface area (Å²) < 4.78 is 5.08. The van der Waals surface area contributed by atoms with E-state index in [2.05, 4.69) is 10.3 Å². The molecule has 0 amide bonds. The summed E-state index contributed by atoms with van der Waals surface area (Å²) in [6.07, 6.45) is 2.53. The number of aromatic amines is 1. The molecule has 1 aliphatic heterocycles. The average molecular weight is 260 g/mol. The first-order valence-corrected chi connectivity index (χ1v) is 6.37. The predicted octanol–water partition coefficient (Wildman–Crippen LogP) is 1.15. The van der Waals surface area contributed by atoms with E-state index in [9.17, 15) is 9.90 Å². The molecule has 5 heteroatoms. The van der Waals surface area contributed by atoms with Crippen LogP contribution >= 0.6 is 0 Å². The van der Waals surface area contributed by atoms with Crippen molar-refractivity contribution in [2.75, 3.05) is 13.2 Å². The Morgan fingerprint density at radius 3 is 3.05 bits per heavy atom. The molecular formula is C14H16N2O3. The smallest absolute Gasteiger partial charge is 0.321 e. The Hall–Kier alpha value is -1.85. The Bertz CT molecular complexity index is 589. The topological polar surface area (TPSA) is 77.6 Å². The lowest BCUT2D eigenvalue weighted by molar-refractivity contribution is -0.139. The van der Waals surface area contributed by atoms with Crippen LogP contribution in [-0.2, 0) is 16.0 Å². The van der Waals surface area contributed by atoms with Gasteiger partial charge in [-0.25, -0.2) is 0 Å². The second kappa shape index (κ2) is 5.03. The highest BCUT2D eigenvalue weighted by atomic mass is 16.6. The molecule has 19 heavy (non-hydrogen) atoms. The van der Waals surface area contributed by atoms with Crippen LogP contribution in [0.3, 0.4) is 0 Å². The second-order valence-electron chi connectivity index (χ2n) is 4.82. The number of epoxide rings is 1. The van der Waals surface area contributed by atoms with E-state index in [1.165, 1.54) is 0 Å². The fourth-order valence-corrected chi connectivity index (χ4v) is 2.23. The number of carboxylic acids is 1. The molecule has 0 bridgehead atoms. The van der Waals surface area contributed by atoms with Gasteiger partial charge in [0.05, 0.1) is 12.7 Å². The maximum atomic E-state index is 11.3. The minimum Gasteiger partial charge on any atom is -0.480 e. The van der Waals surface area contributed by atoms with Crippen LogP contribution in [0, 0.1) is 0 Å². The number of carbonyl (C=O) groups is 1. The highest BCUT2D eigenvalue weighted by molar-refractivity contribution is 5.84. The van der Waals surface area contributed by atoms with Crippen LogP contribution in [0.15, 0.2) is 30.5 Å². The number of rotatable bonds is 6. The molecule has 0 spiro atoms. The molecule has 0 radical (unpaired) electrons. The van der Waals surface area contributed by atoms with E-state index < -0.39 is 12.0 Å². The van der Waals surface area contributed by atoms with E-state index in [0.29, 0.717) is 13.0 Å². The summed E-state index contributed by atoms with van der Waals surface area (Å²) in [4.78, 5) is 14.4. The number of hydrogen-bond acceptors (Lipinski definition) is 3. The minimum atomic E-state index is -0.828.